The molecule has 1 radical (unpaired) electrons. The predicted molar refractivity (Wildman–Crippen MR) is 111 cm³/mol. The molecule has 189 valence electrons. The second-order valence-electron chi connectivity index (χ2n) is 6.77. The number of hydrogen-bond acceptors (Lipinski definition) is 10. The van der Waals surface area contributed by atoms with Crippen LogP contribution in [0.3, 0.4) is 0 Å². The van der Waals surface area contributed by atoms with Gasteiger partial charge in [-0.2, -0.15) is 0 Å². The van der Waals surface area contributed by atoms with Crippen molar-refractivity contribution in [2.75, 3.05) is 0 Å². The molecule has 0 aromatic carbocycles. The van der Waals surface area contributed by atoms with Crippen LogP contribution < -0.4 is 15.3 Å². The maximum absolute atomic E-state index is 10.4. The molecular formula is C22H37O10Zr. The van der Waals surface area contributed by atoms with Crippen LogP contribution in [-0.4, -0.2) is 46.5 Å². The van der Waals surface area contributed by atoms with Crippen LogP contribution >= 0.6 is 0 Å². The average Bonchev–Trinajstić information content (AvgIpc) is 2.62. The van der Waals surface area contributed by atoms with Crippen molar-refractivity contribution in [2.45, 2.75) is 105 Å². The third-order valence-corrected chi connectivity index (χ3v) is 3.20. The van der Waals surface area contributed by atoms with E-state index in [0.29, 0.717) is 38.5 Å². The van der Waals surface area contributed by atoms with Crippen molar-refractivity contribution in [2.24, 2.45) is 0 Å². The van der Waals surface area contributed by atoms with Gasteiger partial charge in [0.15, 0.2) is 0 Å². The minimum Gasteiger partial charge on any atom is -0.550 e. The fraction of sp³-hybridized carbons (Fsp3) is 0.727. The van der Waals surface area contributed by atoms with Crippen molar-refractivity contribution in [3.05, 3.63) is 0 Å². The molecular weight excluding hydrogens is 515 g/mol. The molecule has 0 aliphatic rings. The third kappa shape index (κ3) is 53.5. The molecule has 0 aliphatic carbocycles. The molecule has 1 unspecified atom stereocenters. The Morgan fingerprint density at radius 3 is 0.879 bits per heavy atom. The quantitative estimate of drug-likeness (QED) is 0.285. The molecule has 11 heteroatoms. The number of carboxylic acids is 3. The molecule has 0 aromatic rings. The summed E-state index contributed by atoms with van der Waals surface area (Å²) in [7, 11) is 0. The Labute approximate surface area is 215 Å². The van der Waals surface area contributed by atoms with Crippen molar-refractivity contribution in [3.63, 3.8) is 0 Å². The van der Waals surface area contributed by atoms with E-state index in [2.05, 4.69) is 0 Å². The van der Waals surface area contributed by atoms with Crippen LogP contribution in [0, 0.1) is 0 Å². The van der Waals surface area contributed by atoms with Gasteiger partial charge in [-0.15, -0.1) is 0 Å². The molecule has 0 aliphatic heterocycles. The Bertz CT molecular complexity index is 488. The predicted octanol–water partition coefficient (Wildman–Crippen LogP) is -0.738. The van der Waals surface area contributed by atoms with E-state index in [1.165, 1.54) is 0 Å². The number of aliphatic hydroxyl groups excluding tert-OH is 1. The van der Waals surface area contributed by atoms with Crippen LogP contribution in [-0.2, 0) is 55.0 Å². The van der Waals surface area contributed by atoms with Crippen LogP contribution in [0.4, 0.5) is 0 Å². The van der Waals surface area contributed by atoms with Gasteiger partial charge in [-0.05, 0) is 32.6 Å². The maximum atomic E-state index is 10.4. The summed E-state index contributed by atoms with van der Waals surface area (Å²) in [5, 5.41) is 37.6. The Hall–Kier alpha value is -1.74. The van der Waals surface area contributed by atoms with Crippen molar-refractivity contribution in [1.29, 1.82) is 0 Å². The summed E-state index contributed by atoms with van der Waals surface area (Å²) in [5.74, 6) is -4.61. The smallest absolute Gasteiger partial charge is 0.550 e. The molecule has 10 nitrogen and oxygen atoms in total. The van der Waals surface area contributed by atoms with E-state index in [4.69, 9.17) is 5.11 Å². The van der Waals surface area contributed by atoms with Gasteiger partial charge >= 0.3 is 26.2 Å². The fourth-order valence-corrected chi connectivity index (χ4v) is 1.58. The zero-order valence-corrected chi connectivity index (χ0v) is 22.7. The van der Waals surface area contributed by atoms with Crippen molar-refractivity contribution < 1.29 is 75.4 Å². The second-order valence-corrected chi connectivity index (χ2v) is 6.77. The first kappa shape index (κ1) is 41.5. The molecule has 1 N–H and O–H groups in total. The molecule has 0 heterocycles. The van der Waals surface area contributed by atoms with E-state index >= 15 is 0 Å². The summed E-state index contributed by atoms with van der Waals surface area (Å²) >= 11 is 0. The van der Waals surface area contributed by atoms with Gasteiger partial charge in [0.1, 0.15) is 17.3 Å². The second kappa shape index (κ2) is 30.3. The summed E-state index contributed by atoms with van der Waals surface area (Å²) in [6, 6.07) is 0. The zero-order chi connectivity index (χ0) is 26.1. The van der Waals surface area contributed by atoms with Crippen molar-refractivity contribution >= 4 is 35.3 Å². The van der Waals surface area contributed by atoms with E-state index in [9.17, 15) is 44.1 Å². The fourth-order valence-electron chi connectivity index (χ4n) is 1.58. The molecule has 33 heavy (non-hydrogen) atoms. The molecule has 0 fully saturated rings. The van der Waals surface area contributed by atoms with Gasteiger partial charge in [0.25, 0.3) is 0 Å². The van der Waals surface area contributed by atoms with Crippen molar-refractivity contribution in [1.82, 2.24) is 0 Å². The summed E-state index contributed by atoms with van der Waals surface area (Å²) in [4.78, 5) is 60.6. The van der Waals surface area contributed by atoms with Gasteiger partial charge in [0, 0.05) is 56.4 Å². The minimum atomic E-state index is -1.28. The van der Waals surface area contributed by atoms with Gasteiger partial charge < -0.3 is 34.8 Å². The van der Waals surface area contributed by atoms with E-state index < -0.39 is 37.2 Å². The van der Waals surface area contributed by atoms with Crippen LogP contribution in [0.15, 0.2) is 0 Å². The van der Waals surface area contributed by atoms with Gasteiger partial charge in [0.2, 0.25) is 0 Å². The number of Topliss-reactive ketones (excluding diaryl/α,β-unsaturated/α-hetero) is 3. The Balaban J connectivity index is -0.000000107. The molecule has 0 amide bonds. The van der Waals surface area contributed by atoms with Crippen LogP contribution in [0.5, 0.6) is 0 Å². The first-order valence-electron chi connectivity index (χ1n) is 10.6. The first-order valence-corrected chi connectivity index (χ1v) is 10.6. The van der Waals surface area contributed by atoms with Gasteiger partial charge in [-0.25, -0.2) is 0 Å². The number of aliphatic carboxylic acids is 3. The van der Waals surface area contributed by atoms with E-state index in [1.54, 1.807) is 6.92 Å². The number of carboxylic acid groups (broad SMARTS) is 3. The molecule has 1 atom stereocenters. The monoisotopic (exact) mass is 551 g/mol. The van der Waals surface area contributed by atoms with E-state index in [-0.39, 0.29) is 49.7 Å². The first-order chi connectivity index (χ1) is 14.8. The standard InChI is InChI=1S/3C6H10O3.C4H10O.Zr/c3*1-2-3-5(7)4-6(8)9;1-3-4(2)5;/h3*2-4H2,1H3,(H,8,9);4-5H,3H2,1-2H3;/q;;;;+3/p-3. The normalized spacial score (nSPS) is 9.64. The molecule has 0 spiro atoms. The van der Waals surface area contributed by atoms with Crippen molar-refractivity contribution in [3.8, 4) is 0 Å². The summed E-state index contributed by atoms with van der Waals surface area (Å²) in [6.45, 7) is 9.21. The Morgan fingerprint density at radius 1 is 0.606 bits per heavy atom. The summed E-state index contributed by atoms with van der Waals surface area (Å²) < 4.78 is 0. The molecule has 0 rings (SSSR count). The Morgan fingerprint density at radius 2 is 0.788 bits per heavy atom. The van der Waals surface area contributed by atoms with Gasteiger partial charge in [0.05, 0.1) is 6.10 Å². The number of rotatable bonds is 13. The zero-order valence-electron chi connectivity index (χ0n) is 20.3. The Kier molecular flexibility index (Phi) is 38.1. The summed E-state index contributed by atoms with van der Waals surface area (Å²) in [6.07, 6.45) is 2.56. The van der Waals surface area contributed by atoms with E-state index in [1.807, 2.05) is 27.7 Å². The molecule has 0 saturated carbocycles. The number of carbonyl (C=O) groups excluding carboxylic acids is 6. The van der Waals surface area contributed by atoms with Gasteiger partial charge in [-0.1, -0.05) is 27.7 Å². The van der Waals surface area contributed by atoms with Crippen LogP contribution in [0.2, 0.25) is 0 Å². The SMILES string of the molecule is CCC(C)O.CCCC(=O)CC(=O)[O-].CCCC(=O)CC(=O)[O-].CCCC(=O)CC(=O)[O-].[Zr+3]. The minimum absolute atomic E-state index is 0. The number of aliphatic hydroxyl groups is 1. The van der Waals surface area contributed by atoms with Crippen LogP contribution in [0.25, 0.3) is 0 Å². The summed E-state index contributed by atoms with van der Waals surface area (Å²) in [5.41, 5.74) is 0. The van der Waals surface area contributed by atoms with Crippen LogP contribution in [0.1, 0.15) is 98.8 Å². The number of carbonyl (C=O) groups is 6. The number of ketones is 3. The van der Waals surface area contributed by atoms with Gasteiger partial charge in [-0.3, -0.25) is 14.4 Å². The molecule has 0 aromatic heterocycles. The average molecular weight is 553 g/mol. The third-order valence-electron chi connectivity index (χ3n) is 3.20. The maximum Gasteiger partial charge on any atom is 3.00 e. The molecule has 0 bridgehead atoms. The molecule has 0 saturated heterocycles. The van der Waals surface area contributed by atoms with E-state index in [0.717, 1.165) is 6.42 Å². The largest absolute Gasteiger partial charge is 3.00 e. The topological polar surface area (TPSA) is 192 Å². The number of hydrogen-bond donors (Lipinski definition) is 1.